The van der Waals surface area contributed by atoms with Gasteiger partial charge in [-0.1, -0.05) is 18.5 Å². The summed E-state index contributed by atoms with van der Waals surface area (Å²) in [4.78, 5) is 14.3. The van der Waals surface area contributed by atoms with E-state index in [1.54, 1.807) is 12.1 Å². The predicted octanol–water partition coefficient (Wildman–Crippen LogP) is 3.18. The van der Waals surface area contributed by atoms with Crippen LogP contribution in [0.2, 0.25) is 5.02 Å². The molecule has 1 fully saturated rings. The lowest BCUT2D eigenvalue weighted by molar-refractivity contribution is 0.0663. The Balaban J connectivity index is 0.00000180. The Morgan fingerprint density at radius 2 is 2.21 bits per heavy atom. The summed E-state index contributed by atoms with van der Waals surface area (Å²) in [6, 6.07) is 5.61. The molecule has 2 rings (SSSR count). The minimum Gasteiger partial charge on any atom is -0.338 e. The van der Waals surface area contributed by atoms with Crippen LogP contribution in [0.1, 0.15) is 23.7 Å². The molecule has 1 aromatic carbocycles. The number of hydrogen-bond donors (Lipinski definition) is 1. The molecule has 2 N–H and O–H groups in total. The van der Waals surface area contributed by atoms with Crippen LogP contribution in [0.3, 0.4) is 0 Å². The van der Waals surface area contributed by atoms with Crippen molar-refractivity contribution in [2.75, 3.05) is 13.1 Å². The molecule has 1 aliphatic heterocycles. The van der Waals surface area contributed by atoms with Gasteiger partial charge in [0.05, 0.1) is 5.56 Å². The van der Waals surface area contributed by atoms with Gasteiger partial charge < -0.3 is 10.6 Å². The summed E-state index contributed by atoms with van der Waals surface area (Å²) < 4.78 is 0.935. The summed E-state index contributed by atoms with van der Waals surface area (Å²) in [5, 5.41) is 0.598. The number of piperidine rings is 1. The first-order valence-electron chi connectivity index (χ1n) is 5.99. The Hall–Kier alpha value is -0.0400. The maximum absolute atomic E-state index is 12.4. The van der Waals surface area contributed by atoms with E-state index in [0.29, 0.717) is 16.5 Å². The molecule has 1 amide bonds. The van der Waals surface area contributed by atoms with E-state index in [2.05, 4.69) is 29.5 Å². The second-order valence-corrected chi connectivity index (χ2v) is 6.40. The van der Waals surface area contributed by atoms with E-state index in [1.807, 2.05) is 11.0 Å². The lowest BCUT2D eigenvalue weighted by atomic mass is 9.94. The number of amides is 1. The third-order valence-electron chi connectivity index (χ3n) is 3.42. The first-order valence-corrected chi connectivity index (χ1v) is 7.44. The number of likely N-dealkylation sites (tertiary alicyclic amines) is 1. The van der Waals surface area contributed by atoms with E-state index < -0.39 is 0 Å². The van der Waals surface area contributed by atoms with Gasteiger partial charge in [-0.15, -0.1) is 12.4 Å². The van der Waals surface area contributed by atoms with Crippen LogP contribution in [0.5, 0.6) is 0 Å². The van der Waals surface area contributed by atoms with E-state index in [0.717, 1.165) is 23.1 Å². The standard InChI is InChI=1S/C13H16ClIN2O.ClH/c1-8-7-17(5-4-12(8)16)13(18)10-6-9(14)2-3-11(10)15;/h2-3,6,8,12H,4-5,7,16H2,1H3;1H. The van der Waals surface area contributed by atoms with Gasteiger partial charge in [-0.2, -0.15) is 0 Å². The molecule has 19 heavy (non-hydrogen) atoms. The highest BCUT2D eigenvalue weighted by atomic mass is 127. The van der Waals surface area contributed by atoms with Crippen LogP contribution in [-0.2, 0) is 0 Å². The van der Waals surface area contributed by atoms with Crippen molar-refractivity contribution in [1.82, 2.24) is 4.90 Å². The molecule has 0 radical (unpaired) electrons. The van der Waals surface area contributed by atoms with Gasteiger partial charge in [0, 0.05) is 27.7 Å². The van der Waals surface area contributed by atoms with Crippen LogP contribution in [0, 0.1) is 9.49 Å². The summed E-state index contributed by atoms with van der Waals surface area (Å²) in [6.07, 6.45) is 0.865. The molecular weight excluding hydrogens is 398 g/mol. The molecule has 6 heteroatoms. The Morgan fingerprint density at radius 1 is 1.53 bits per heavy atom. The van der Waals surface area contributed by atoms with E-state index in [-0.39, 0.29) is 24.4 Å². The van der Waals surface area contributed by atoms with Crippen molar-refractivity contribution in [3.63, 3.8) is 0 Å². The average molecular weight is 415 g/mol. The Morgan fingerprint density at radius 3 is 2.84 bits per heavy atom. The molecular formula is C13H17Cl2IN2O. The summed E-state index contributed by atoms with van der Waals surface area (Å²) in [6.45, 7) is 3.54. The Bertz CT molecular complexity index is 470. The lowest BCUT2D eigenvalue weighted by Crippen LogP contribution is -2.48. The van der Waals surface area contributed by atoms with Gasteiger partial charge in [0.25, 0.3) is 5.91 Å². The smallest absolute Gasteiger partial charge is 0.254 e. The largest absolute Gasteiger partial charge is 0.338 e. The molecule has 0 aromatic heterocycles. The van der Waals surface area contributed by atoms with Gasteiger partial charge in [-0.25, -0.2) is 0 Å². The topological polar surface area (TPSA) is 46.3 Å². The van der Waals surface area contributed by atoms with Gasteiger partial charge in [0.1, 0.15) is 0 Å². The number of nitrogens with two attached hydrogens (primary N) is 1. The maximum Gasteiger partial charge on any atom is 0.254 e. The molecule has 0 bridgehead atoms. The van der Waals surface area contributed by atoms with E-state index >= 15 is 0 Å². The van der Waals surface area contributed by atoms with E-state index in [9.17, 15) is 4.79 Å². The summed E-state index contributed by atoms with van der Waals surface area (Å²) in [7, 11) is 0. The van der Waals surface area contributed by atoms with Crippen molar-refractivity contribution in [3.8, 4) is 0 Å². The number of nitrogens with zero attached hydrogens (tertiary/aromatic N) is 1. The van der Waals surface area contributed by atoms with Gasteiger partial charge in [-0.3, -0.25) is 4.79 Å². The first-order chi connectivity index (χ1) is 8.49. The number of carbonyl (C=O) groups excluding carboxylic acids is 1. The molecule has 0 spiro atoms. The predicted molar refractivity (Wildman–Crippen MR) is 89.1 cm³/mol. The summed E-state index contributed by atoms with van der Waals surface area (Å²) in [5.41, 5.74) is 6.66. The third-order valence-corrected chi connectivity index (χ3v) is 4.59. The van der Waals surface area contributed by atoms with Crippen LogP contribution < -0.4 is 5.73 Å². The molecule has 1 aliphatic rings. The molecule has 1 aromatic rings. The Kier molecular flexibility index (Phi) is 6.36. The van der Waals surface area contributed by atoms with Crippen LogP contribution in [0.15, 0.2) is 18.2 Å². The molecule has 2 unspecified atom stereocenters. The van der Waals surface area contributed by atoms with E-state index in [4.69, 9.17) is 17.3 Å². The highest BCUT2D eigenvalue weighted by Crippen LogP contribution is 2.22. The van der Waals surface area contributed by atoms with Gasteiger partial charge in [0.2, 0.25) is 0 Å². The normalized spacial score (nSPS) is 22.8. The second-order valence-electron chi connectivity index (χ2n) is 4.81. The van der Waals surface area contributed by atoms with Crippen molar-refractivity contribution in [2.24, 2.45) is 11.7 Å². The number of carbonyl (C=O) groups is 1. The fourth-order valence-corrected chi connectivity index (χ4v) is 2.92. The first kappa shape index (κ1) is 17.0. The average Bonchev–Trinajstić information content (AvgIpc) is 2.35. The summed E-state index contributed by atoms with van der Waals surface area (Å²) >= 11 is 8.12. The quantitative estimate of drug-likeness (QED) is 0.717. The van der Waals surface area contributed by atoms with Crippen molar-refractivity contribution in [1.29, 1.82) is 0 Å². The Labute approximate surface area is 138 Å². The van der Waals surface area contributed by atoms with Crippen molar-refractivity contribution < 1.29 is 4.79 Å². The molecule has 3 nitrogen and oxygen atoms in total. The fourth-order valence-electron chi connectivity index (χ4n) is 2.18. The highest BCUT2D eigenvalue weighted by molar-refractivity contribution is 14.1. The monoisotopic (exact) mass is 414 g/mol. The van der Waals surface area contributed by atoms with Gasteiger partial charge in [0.15, 0.2) is 0 Å². The molecule has 0 saturated carbocycles. The van der Waals surface area contributed by atoms with Crippen molar-refractivity contribution in [2.45, 2.75) is 19.4 Å². The highest BCUT2D eigenvalue weighted by Gasteiger charge is 2.27. The minimum atomic E-state index is 0. The van der Waals surface area contributed by atoms with Crippen LogP contribution in [0.4, 0.5) is 0 Å². The van der Waals surface area contributed by atoms with Gasteiger partial charge >= 0.3 is 0 Å². The third kappa shape index (κ3) is 3.97. The minimum absolute atomic E-state index is 0. The van der Waals surface area contributed by atoms with Crippen molar-refractivity contribution >= 4 is 52.5 Å². The summed E-state index contributed by atoms with van der Waals surface area (Å²) in [5.74, 6) is 0.403. The van der Waals surface area contributed by atoms with Crippen LogP contribution >= 0.6 is 46.6 Å². The number of rotatable bonds is 1. The van der Waals surface area contributed by atoms with Crippen LogP contribution in [0.25, 0.3) is 0 Å². The van der Waals surface area contributed by atoms with Crippen LogP contribution in [-0.4, -0.2) is 29.9 Å². The number of hydrogen-bond acceptors (Lipinski definition) is 2. The van der Waals surface area contributed by atoms with Gasteiger partial charge in [-0.05, 0) is 53.1 Å². The zero-order chi connectivity index (χ0) is 13.3. The molecule has 1 saturated heterocycles. The number of benzene rings is 1. The second kappa shape index (κ2) is 7.11. The SMILES string of the molecule is CC1CN(C(=O)c2cc(Cl)ccc2I)CCC1N.Cl. The fraction of sp³-hybridized carbons (Fsp3) is 0.462. The molecule has 1 heterocycles. The zero-order valence-corrected chi connectivity index (χ0v) is 14.3. The zero-order valence-electron chi connectivity index (χ0n) is 10.6. The number of halogens is 3. The van der Waals surface area contributed by atoms with Crippen molar-refractivity contribution in [3.05, 3.63) is 32.4 Å². The molecule has 2 atom stereocenters. The van der Waals surface area contributed by atoms with E-state index in [1.165, 1.54) is 0 Å². The molecule has 0 aliphatic carbocycles. The lowest BCUT2D eigenvalue weighted by Gasteiger charge is -2.35. The maximum atomic E-state index is 12.4. The molecule has 106 valence electrons.